The predicted molar refractivity (Wildman–Crippen MR) is 144 cm³/mol. The van der Waals surface area contributed by atoms with Gasteiger partial charge in [0, 0.05) is 0 Å². The number of carbonyl (C=O) groups is 1. The summed E-state index contributed by atoms with van der Waals surface area (Å²) in [5, 5.41) is 0. The van der Waals surface area contributed by atoms with Crippen molar-refractivity contribution in [3.05, 3.63) is 0 Å². The molecule has 0 atom stereocenters. The fourth-order valence-corrected chi connectivity index (χ4v) is 8.57. The Balaban J connectivity index is 0.910. The normalized spacial score (nSPS) is 37.4. The summed E-state index contributed by atoms with van der Waals surface area (Å²) in [6.45, 7) is 0.443. The molecule has 36 heavy (non-hydrogen) atoms. The highest BCUT2D eigenvalue weighted by molar-refractivity contribution is 5.72. The third-order valence-electron chi connectivity index (χ3n) is 11.0. The first-order chi connectivity index (χ1) is 17.7. The van der Waals surface area contributed by atoms with E-state index in [0.29, 0.717) is 12.9 Å². The quantitative estimate of drug-likeness (QED) is 0.247. The second kappa shape index (κ2) is 14.0. The van der Waals surface area contributed by atoms with Crippen LogP contribution in [0.1, 0.15) is 141 Å². The molecular formula is C32H54O4. The molecule has 0 aliphatic heterocycles. The fourth-order valence-electron chi connectivity index (χ4n) is 8.57. The lowest BCUT2D eigenvalue weighted by molar-refractivity contribution is -0.163. The lowest BCUT2D eigenvalue weighted by atomic mass is 9.71. The second-order valence-electron chi connectivity index (χ2n) is 13.2. The average molecular weight is 503 g/mol. The molecule has 5 aliphatic carbocycles. The molecule has 4 heteroatoms. The molecule has 0 N–H and O–H groups in total. The maximum atomic E-state index is 12.8. The van der Waals surface area contributed by atoms with Crippen LogP contribution in [0.5, 0.6) is 0 Å². The van der Waals surface area contributed by atoms with E-state index in [2.05, 4.69) is 0 Å². The van der Waals surface area contributed by atoms with Gasteiger partial charge in [-0.05, 0) is 101 Å². The monoisotopic (exact) mass is 502 g/mol. The highest BCUT2D eigenvalue weighted by Crippen LogP contribution is 2.41. The van der Waals surface area contributed by atoms with E-state index in [9.17, 15) is 4.79 Å². The Labute approximate surface area is 221 Å². The lowest BCUT2D eigenvalue weighted by Crippen LogP contribution is -2.33. The molecule has 5 fully saturated rings. The van der Waals surface area contributed by atoms with Crippen molar-refractivity contribution in [3.8, 4) is 0 Å². The van der Waals surface area contributed by atoms with Crippen LogP contribution in [0.3, 0.4) is 0 Å². The summed E-state index contributed by atoms with van der Waals surface area (Å²) < 4.78 is 18.2. The molecule has 0 aromatic heterocycles. The zero-order valence-electron chi connectivity index (χ0n) is 23.0. The van der Waals surface area contributed by atoms with Crippen molar-refractivity contribution in [3.63, 3.8) is 0 Å². The summed E-state index contributed by atoms with van der Waals surface area (Å²) in [5.74, 6) is 4.00. The van der Waals surface area contributed by atoms with Crippen LogP contribution in [0.25, 0.3) is 0 Å². The molecule has 5 saturated carbocycles. The van der Waals surface area contributed by atoms with Gasteiger partial charge in [0.1, 0.15) is 12.9 Å². The molecule has 0 aromatic rings. The molecule has 0 saturated heterocycles. The SMILES string of the molecule is O=C(OC1CCC(OCOC2CCC(C3CCCCC3)CC2)CC1)C1CCC(C2CCCCC2)CC1. The Bertz CT molecular complexity index is 629. The van der Waals surface area contributed by atoms with Crippen molar-refractivity contribution in [2.45, 2.75) is 160 Å². The standard InChI is InChI=1S/C32H54O4/c33-32(28-13-11-26(12-14-28)24-7-3-1-4-8-24)36-31-21-19-30(20-22-31)35-23-34-29-17-15-27(16-18-29)25-9-5-2-6-10-25/h24-31H,1-23H2. The van der Waals surface area contributed by atoms with Gasteiger partial charge < -0.3 is 14.2 Å². The molecule has 0 bridgehead atoms. The summed E-state index contributed by atoms with van der Waals surface area (Å²) >= 11 is 0. The first-order valence-electron chi connectivity index (χ1n) is 16.2. The molecule has 0 heterocycles. The van der Waals surface area contributed by atoms with Gasteiger partial charge in [-0.3, -0.25) is 4.79 Å². The minimum Gasteiger partial charge on any atom is -0.462 e. The minimum atomic E-state index is 0.0913. The number of hydrogen-bond donors (Lipinski definition) is 0. The van der Waals surface area contributed by atoms with E-state index in [0.717, 1.165) is 62.2 Å². The zero-order valence-corrected chi connectivity index (χ0v) is 23.0. The number of esters is 1. The first-order valence-corrected chi connectivity index (χ1v) is 16.2. The molecule has 4 nitrogen and oxygen atoms in total. The fraction of sp³-hybridized carbons (Fsp3) is 0.969. The molecule has 5 aliphatic rings. The van der Waals surface area contributed by atoms with Crippen molar-refractivity contribution in [2.24, 2.45) is 29.6 Å². The molecule has 0 spiro atoms. The van der Waals surface area contributed by atoms with Gasteiger partial charge in [0.15, 0.2) is 0 Å². The maximum absolute atomic E-state index is 12.8. The topological polar surface area (TPSA) is 44.8 Å². The van der Waals surface area contributed by atoms with Crippen LogP contribution in [-0.4, -0.2) is 31.1 Å². The Morgan fingerprint density at radius 3 is 1.33 bits per heavy atom. The highest BCUT2D eigenvalue weighted by atomic mass is 16.7. The highest BCUT2D eigenvalue weighted by Gasteiger charge is 2.34. The third kappa shape index (κ3) is 7.71. The van der Waals surface area contributed by atoms with Gasteiger partial charge in [0.25, 0.3) is 0 Å². The second-order valence-corrected chi connectivity index (χ2v) is 13.2. The van der Waals surface area contributed by atoms with Crippen LogP contribution in [0.15, 0.2) is 0 Å². The van der Waals surface area contributed by atoms with Gasteiger partial charge in [-0.25, -0.2) is 0 Å². The Morgan fingerprint density at radius 1 is 0.444 bits per heavy atom. The number of carbonyl (C=O) groups excluding carboxylic acids is 1. The summed E-state index contributed by atoms with van der Waals surface area (Å²) in [4.78, 5) is 12.8. The van der Waals surface area contributed by atoms with Gasteiger partial charge in [-0.2, -0.15) is 0 Å². The average Bonchev–Trinajstić information content (AvgIpc) is 2.95. The van der Waals surface area contributed by atoms with Crippen molar-refractivity contribution in [1.29, 1.82) is 0 Å². The van der Waals surface area contributed by atoms with Gasteiger partial charge in [-0.1, -0.05) is 64.2 Å². The van der Waals surface area contributed by atoms with Crippen molar-refractivity contribution < 1.29 is 19.0 Å². The molecule has 206 valence electrons. The van der Waals surface area contributed by atoms with E-state index in [-0.39, 0.29) is 24.1 Å². The van der Waals surface area contributed by atoms with E-state index >= 15 is 0 Å². The first kappa shape index (κ1) is 27.0. The molecule has 0 aromatic carbocycles. The number of rotatable bonds is 8. The summed E-state index contributed by atoms with van der Waals surface area (Å²) in [6, 6.07) is 0. The largest absolute Gasteiger partial charge is 0.462 e. The minimum absolute atomic E-state index is 0.0913. The molecular weight excluding hydrogens is 448 g/mol. The van der Waals surface area contributed by atoms with Gasteiger partial charge in [0.05, 0.1) is 18.1 Å². The van der Waals surface area contributed by atoms with E-state index in [1.807, 2.05) is 0 Å². The predicted octanol–water partition coefficient (Wildman–Crippen LogP) is 8.36. The van der Waals surface area contributed by atoms with Gasteiger partial charge in [0.2, 0.25) is 0 Å². The van der Waals surface area contributed by atoms with Crippen LogP contribution in [0, 0.1) is 29.6 Å². The van der Waals surface area contributed by atoms with Crippen LogP contribution < -0.4 is 0 Å². The summed E-state index contributed by atoms with van der Waals surface area (Å²) in [6.07, 6.45) is 28.8. The van der Waals surface area contributed by atoms with E-state index < -0.39 is 0 Å². The van der Waals surface area contributed by atoms with E-state index in [4.69, 9.17) is 14.2 Å². The van der Waals surface area contributed by atoms with E-state index in [1.54, 1.807) is 0 Å². The Kier molecular flexibility index (Phi) is 10.5. The van der Waals surface area contributed by atoms with Crippen molar-refractivity contribution in [1.82, 2.24) is 0 Å². The summed E-state index contributed by atoms with van der Waals surface area (Å²) in [5.41, 5.74) is 0. The van der Waals surface area contributed by atoms with Crippen molar-refractivity contribution >= 4 is 5.97 Å². The lowest BCUT2D eigenvalue weighted by Gasteiger charge is -2.36. The molecule has 0 radical (unpaired) electrons. The Morgan fingerprint density at radius 2 is 0.833 bits per heavy atom. The van der Waals surface area contributed by atoms with E-state index in [1.165, 1.54) is 103 Å². The smallest absolute Gasteiger partial charge is 0.309 e. The molecule has 5 rings (SSSR count). The van der Waals surface area contributed by atoms with Crippen LogP contribution in [0.2, 0.25) is 0 Å². The number of ether oxygens (including phenoxy) is 3. The molecule has 0 amide bonds. The Hall–Kier alpha value is -0.610. The van der Waals surface area contributed by atoms with Crippen LogP contribution in [0.4, 0.5) is 0 Å². The van der Waals surface area contributed by atoms with Crippen molar-refractivity contribution in [2.75, 3.05) is 6.79 Å². The summed E-state index contributed by atoms with van der Waals surface area (Å²) in [7, 11) is 0. The van der Waals surface area contributed by atoms with Crippen LogP contribution in [-0.2, 0) is 19.0 Å². The third-order valence-corrected chi connectivity index (χ3v) is 11.0. The van der Waals surface area contributed by atoms with Crippen LogP contribution >= 0.6 is 0 Å². The maximum Gasteiger partial charge on any atom is 0.309 e. The molecule has 0 unspecified atom stereocenters. The number of hydrogen-bond acceptors (Lipinski definition) is 4. The van der Waals surface area contributed by atoms with Gasteiger partial charge >= 0.3 is 5.97 Å². The zero-order chi connectivity index (χ0) is 24.6. The van der Waals surface area contributed by atoms with Gasteiger partial charge in [-0.15, -0.1) is 0 Å².